The van der Waals surface area contributed by atoms with Crippen molar-refractivity contribution < 1.29 is 15.0 Å². The summed E-state index contributed by atoms with van der Waals surface area (Å²) in [5.41, 5.74) is 0.888. The molecule has 1 aliphatic rings. The van der Waals surface area contributed by atoms with Crippen LogP contribution in [-0.2, 0) is 0 Å². The lowest BCUT2D eigenvalue weighted by Crippen LogP contribution is -2.55. The van der Waals surface area contributed by atoms with E-state index in [0.29, 0.717) is 31.5 Å². The van der Waals surface area contributed by atoms with Crippen molar-refractivity contribution in [3.63, 3.8) is 0 Å². The normalized spacial score (nSPS) is 23.6. The van der Waals surface area contributed by atoms with Crippen LogP contribution in [0.5, 0.6) is 0 Å². The molecule has 1 aliphatic heterocycles. The van der Waals surface area contributed by atoms with Gasteiger partial charge in [0.2, 0.25) is 0 Å². The van der Waals surface area contributed by atoms with Crippen LogP contribution in [0, 0.1) is 5.41 Å². The zero-order valence-electron chi connectivity index (χ0n) is 14.5. The van der Waals surface area contributed by atoms with Crippen LogP contribution in [0.1, 0.15) is 36.5 Å². The molecule has 2 heterocycles. The first kappa shape index (κ1) is 17.6. The van der Waals surface area contributed by atoms with Gasteiger partial charge in [0, 0.05) is 36.5 Å². The molecule has 134 valence electrons. The third kappa shape index (κ3) is 3.45. The highest BCUT2D eigenvalue weighted by atomic mass is 16.3. The van der Waals surface area contributed by atoms with Crippen LogP contribution in [-0.4, -0.2) is 56.6 Å². The van der Waals surface area contributed by atoms with Gasteiger partial charge in [0.1, 0.15) is 0 Å². The third-order valence-corrected chi connectivity index (χ3v) is 5.12. The number of carbonyl (C=O) groups is 1. The summed E-state index contributed by atoms with van der Waals surface area (Å²) in [6.45, 7) is 2.81. The minimum atomic E-state index is -0.613. The van der Waals surface area contributed by atoms with Crippen LogP contribution >= 0.6 is 0 Å². The molecule has 0 unspecified atom stereocenters. The third-order valence-electron chi connectivity index (χ3n) is 5.12. The molecule has 1 amide bonds. The van der Waals surface area contributed by atoms with Crippen LogP contribution in [0.4, 0.5) is 0 Å². The van der Waals surface area contributed by atoms with Crippen molar-refractivity contribution in [3.05, 3.63) is 48.3 Å². The molecule has 6 nitrogen and oxygen atoms in total. The topological polar surface area (TPSA) is 78.6 Å². The number of nitrogens with zero attached hydrogens (tertiary/aromatic N) is 3. The van der Waals surface area contributed by atoms with Crippen molar-refractivity contribution in [1.82, 2.24) is 14.7 Å². The van der Waals surface area contributed by atoms with Gasteiger partial charge in [-0.05, 0) is 43.2 Å². The Balaban J connectivity index is 1.76. The maximum Gasteiger partial charge on any atom is 0.253 e. The molecule has 0 bridgehead atoms. The zero-order chi connectivity index (χ0) is 17.9. The molecule has 25 heavy (non-hydrogen) atoms. The highest BCUT2D eigenvalue weighted by Gasteiger charge is 2.43. The smallest absolute Gasteiger partial charge is 0.253 e. The standard InChI is InChI=1S/C19H25N3O3/c1-2-9-19(14-23)13-21(12-8-17(19)24)18(25)15-4-6-16(7-5-15)22-11-3-10-20-22/h3-7,10-11,17,23-24H,2,8-9,12-14H2,1H3/t17-,19-/m0/s1. The summed E-state index contributed by atoms with van der Waals surface area (Å²) >= 11 is 0. The first-order valence-electron chi connectivity index (χ1n) is 8.78. The molecule has 0 aliphatic carbocycles. The van der Waals surface area contributed by atoms with E-state index >= 15 is 0 Å². The van der Waals surface area contributed by atoms with Crippen molar-refractivity contribution in [1.29, 1.82) is 0 Å². The van der Waals surface area contributed by atoms with E-state index in [1.807, 2.05) is 31.3 Å². The second-order valence-corrected chi connectivity index (χ2v) is 6.80. The second-order valence-electron chi connectivity index (χ2n) is 6.80. The maximum absolute atomic E-state index is 12.9. The molecular formula is C19H25N3O3. The summed E-state index contributed by atoms with van der Waals surface area (Å²) in [4.78, 5) is 14.6. The van der Waals surface area contributed by atoms with E-state index in [1.165, 1.54) is 0 Å². The molecule has 2 aromatic rings. The van der Waals surface area contributed by atoms with Gasteiger partial charge < -0.3 is 15.1 Å². The Hall–Kier alpha value is -2.18. The summed E-state index contributed by atoms with van der Waals surface area (Å²) < 4.78 is 1.74. The molecule has 1 aromatic heterocycles. The Bertz CT molecular complexity index is 699. The van der Waals surface area contributed by atoms with Crippen LogP contribution in [0.15, 0.2) is 42.7 Å². The van der Waals surface area contributed by atoms with E-state index in [4.69, 9.17) is 0 Å². The molecule has 0 saturated carbocycles. The van der Waals surface area contributed by atoms with E-state index in [2.05, 4.69) is 5.10 Å². The molecule has 0 radical (unpaired) electrons. The van der Waals surface area contributed by atoms with E-state index in [9.17, 15) is 15.0 Å². The molecule has 1 fully saturated rings. The lowest BCUT2D eigenvalue weighted by atomic mass is 9.74. The van der Waals surface area contributed by atoms with Gasteiger partial charge in [0.05, 0.1) is 18.4 Å². The van der Waals surface area contributed by atoms with Gasteiger partial charge in [-0.2, -0.15) is 5.10 Å². The Morgan fingerprint density at radius 3 is 2.72 bits per heavy atom. The number of piperidine rings is 1. The lowest BCUT2D eigenvalue weighted by molar-refractivity contribution is -0.0720. The number of aliphatic hydroxyl groups is 2. The van der Waals surface area contributed by atoms with Gasteiger partial charge >= 0.3 is 0 Å². The van der Waals surface area contributed by atoms with Gasteiger partial charge in [-0.3, -0.25) is 4.79 Å². The monoisotopic (exact) mass is 343 g/mol. The van der Waals surface area contributed by atoms with E-state index in [-0.39, 0.29) is 12.5 Å². The predicted octanol–water partition coefficient (Wildman–Crippen LogP) is 1.86. The fourth-order valence-electron chi connectivity index (χ4n) is 3.66. The summed E-state index contributed by atoms with van der Waals surface area (Å²) in [6, 6.07) is 9.17. The molecule has 2 atom stereocenters. The fraction of sp³-hybridized carbons (Fsp3) is 0.474. The highest BCUT2D eigenvalue weighted by molar-refractivity contribution is 5.94. The van der Waals surface area contributed by atoms with Crippen molar-refractivity contribution in [2.75, 3.05) is 19.7 Å². The Kier molecular flexibility index (Phi) is 5.20. The van der Waals surface area contributed by atoms with Gasteiger partial charge in [-0.25, -0.2) is 4.68 Å². The minimum Gasteiger partial charge on any atom is -0.396 e. The number of hydrogen-bond donors (Lipinski definition) is 2. The van der Waals surface area contributed by atoms with E-state index in [1.54, 1.807) is 27.9 Å². The number of carbonyl (C=O) groups excluding carboxylic acids is 1. The Morgan fingerprint density at radius 2 is 2.12 bits per heavy atom. The number of benzene rings is 1. The average Bonchev–Trinajstić information content (AvgIpc) is 3.18. The summed E-state index contributed by atoms with van der Waals surface area (Å²) in [5, 5.41) is 24.4. The molecule has 2 N–H and O–H groups in total. The maximum atomic E-state index is 12.9. The van der Waals surface area contributed by atoms with Crippen molar-refractivity contribution in [2.24, 2.45) is 5.41 Å². The molecule has 6 heteroatoms. The molecular weight excluding hydrogens is 318 g/mol. The second kappa shape index (κ2) is 7.37. The van der Waals surface area contributed by atoms with E-state index < -0.39 is 11.5 Å². The van der Waals surface area contributed by atoms with Crippen LogP contribution < -0.4 is 0 Å². The number of likely N-dealkylation sites (tertiary alicyclic amines) is 1. The lowest BCUT2D eigenvalue weighted by Gasteiger charge is -2.45. The highest BCUT2D eigenvalue weighted by Crippen LogP contribution is 2.35. The van der Waals surface area contributed by atoms with Gasteiger partial charge in [-0.15, -0.1) is 0 Å². The summed E-state index contributed by atoms with van der Waals surface area (Å²) in [6.07, 6.45) is 5.05. The van der Waals surface area contributed by atoms with E-state index in [0.717, 1.165) is 12.1 Å². The first-order valence-corrected chi connectivity index (χ1v) is 8.78. The molecule has 1 aromatic carbocycles. The SMILES string of the molecule is CCC[C@@]1(CO)CN(C(=O)c2ccc(-n3cccn3)cc2)CC[C@@H]1O. The molecule has 1 saturated heterocycles. The minimum absolute atomic E-state index is 0.0622. The number of hydrogen-bond acceptors (Lipinski definition) is 4. The number of rotatable bonds is 5. The number of aromatic nitrogens is 2. The van der Waals surface area contributed by atoms with Gasteiger partial charge in [0.25, 0.3) is 5.91 Å². The summed E-state index contributed by atoms with van der Waals surface area (Å²) in [5.74, 6) is -0.0622. The van der Waals surface area contributed by atoms with Gasteiger partial charge in [-0.1, -0.05) is 13.3 Å². The summed E-state index contributed by atoms with van der Waals surface area (Å²) in [7, 11) is 0. The van der Waals surface area contributed by atoms with Crippen molar-refractivity contribution >= 4 is 5.91 Å². The van der Waals surface area contributed by atoms with Gasteiger partial charge in [0.15, 0.2) is 0 Å². The van der Waals surface area contributed by atoms with Crippen LogP contribution in [0.25, 0.3) is 5.69 Å². The Labute approximate surface area is 147 Å². The van der Waals surface area contributed by atoms with Crippen LogP contribution in [0.2, 0.25) is 0 Å². The molecule has 3 rings (SSSR count). The van der Waals surface area contributed by atoms with Crippen molar-refractivity contribution in [3.8, 4) is 5.69 Å². The largest absolute Gasteiger partial charge is 0.396 e. The fourth-order valence-corrected chi connectivity index (χ4v) is 3.66. The predicted molar refractivity (Wildman–Crippen MR) is 94.5 cm³/mol. The van der Waals surface area contributed by atoms with Crippen LogP contribution in [0.3, 0.4) is 0 Å². The molecule has 0 spiro atoms. The quantitative estimate of drug-likeness (QED) is 0.868. The first-order chi connectivity index (χ1) is 12.1. The Morgan fingerprint density at radius 1 is 1.36 bits per heavy atom. The number of aliphatic hydroxyl groups excluding tert-OH is 2. The van der Waals surface area contributed by atoms with Crippen molar-refractivity contribution in [2.45, 2.75) is 32.3 Å². The zero-order valence-corrected chi connectivity index (χ0v) is 14.5. The number of amides is 1. The average molecular weight is 343 g/mol.